The van der Waals surface area contributed by atoms with Gasteiger partial charge in [0.15, 0.2) is 5.82 Å². The number of thiazole rings is 1. The number of carbonyl (C=O) groups excluding carboxylic acids is 1. The van der Waals surface area contributed by atoms with Crippen molar-refractivity contribution in [2.75, 3.05) is 23.7 Å². The van der Waals surface area contributed by atoms with Gasteiger partial charge in [-0.2, -0.15) is 0 Å². The maximum atomic E-state index is 12.1. The third-order valence-electron chi connectivity index (χ3n) is 4.96. The number of aromatic nitrogens is 3. The smallest absolute Gasteiger partial charge is 0.292 e. The number of amides is 1. The molecule has 10 nitrogen and oxygen atoms in total. The van der Waals surface area contributed by atoms with E-state index in [1.165, 1.54) is 29.8 Å². The highest BCUT2D eigenvalue weighted by Crippen LogP contribution is 2.25. The Morgan fingerprint density at radius 1 is 1.03 bits per heavy atom. The van der Waals surface area contributed by atoms with Crippen molar-refractivity contribution >= 4 is 44.8 Å². The van der Waals surface area contributed by atoms with Crippen molar-refractivity contribution in [3.8, 4) is 0 Å². The number of para-hydroxylation sites is 2. The van der Waals surface area contributed by atoms with Crippen molar-refractivity contribution in [1.82, 2.24) is 20.3 Å². The summed E-state index contributed by atoms with van der Waals surface area (Å²) in [4.78, 5) is 36.8. The minimum Gasteiger partial charge on any atom is -0.364 e. The summed E-state index contributed by atoms with van der Waals surface area (Å²) in [5.74, 6) is 0.419. The lowest BCUT2D eigenvalue weighted by molar-refractivity contribution is -0.383. The van der Waals surface area contributed by atoms with Crippen LogP contribution in [0.5, 0.6) is 0 Å². The second-order valence-corrected chi connectivity index (χ2v) is 8.46. The number of anilines is 2. The third kappa shape index (κ3) is 6.09. The van der Waals surface area contributed by atoms with E-state index >= 15 is 0 Å². The largest absolute Gasteiger partial charge is 0.364 e. The molecule has 0 aliphatic rings. The SMILES string of the molecule is O=C(CCNCCc1nc2c(NCc3ccccc3)ncnc2s1)Nc1ccccc1[N+](=O)[O-]. The molecule has 34 heavy (non-hydrogen) atoms. The van der Waals surface area contributed by atoms with Gasteiger partial charge in [0, 0.05) is 38.5 Å². The fourth-order valence-corrected chi connectivity index (χ4v) is 4.19. The summed E-state index contributed by atoms with van der Waals surface area (Å²) in [6.45, 7) is 1.73. The lowest BCUT2D eigenvalue weighted by Gasteiger charge is -2.06. The van der Waals surface area contributed by atoms with E-state index in [9.17, 15) is 14.9 Å². The summed E-state index contributed by atoms with van der Waals surface area (Å²) >= 11 is 1.52. The zero-order valence-electron chi connectivity index (χ0n) is 18.2. The molecule has 4 rings (SSSR count). The maximum absolute atomic E-state index is 12.1. The fourth-order valence-electron chi connectivity index (χ4n) is 3.29. The van der Waals surface area contributed by atoms with Gasteiger partial charge < -0.3 is 16.0 Å². The molecule has 2 heterocycles. The number of fused-ring (bicyclic) bond motifs is 1. The zero-order chi connectivity index (χ0) is 23.8. The van der Waals surface area contributed by atoms with Crippen LogP contribution in [0, 0.1) is 10.1 Å². The Morgan fingerprint density at radius 2 is 1.82 bits per heavy atom. The number of carbonyl (C=O) groups is 1. The number of nitrogens with zero attached hydrogens (tertiary/aromatic N) is 4. The Morgan fingerprint density at radius 3 is 2.65 bits per heavy atom. The van der Waals surface area contributed by atoms with Crippen LogP contribution in [0.4, 0.5) is 17.2 Å². The number of rotatable bonds is 11. The van der Waals surface area contributed by atoms with E-state index in [1.54, 1.807) is 12.1 Å². The van der Waals surface area contributed by atoms with Gasteiger partial charge >= 0.3 is 0 Å². The van der Waals surface area contributed by atoms with Gasteiger partial charge in [0.2, 0.25) is 5.91 Å². The average molecular weight is 478 g/mol. The molecule has 0 bridgehead atoms. The maximum Gasteiger partial charge on any atom is 0.292 e. The quantitative estimate of drug-likeness (QED) is 0.169. The van der Waals surface area contributed by atoms with Crippen LogP contribution < -0.4 is 16.0 Å². The second kappa shape index (κ2) is 11.3. The first-order valence-corrected chi connectivity index (χ1v) is 11.5. The lowest BCUT2D eigenvalue weighted by Crippen LogP contribution is -2.23. The highest BCUT2D eigenvalue weighted by atomic mass is 32.1. The molecule has 0 unspecified atom stereocenters. The fraction of sp³-hybridized carbons (Fsp3) is 0.217. The van der Waals surface area contributed by atoms with Crippen LogP contribution in [0.25, 0.3) is 10.3 Å². The van der Waals surface area contributed by atoms with E-state index in [2.05, 4.69) is 30.9 Å². The number of hydrogen-bond acceptors (Lipinski definition) is 9. The van der Waals surface area contributed by atoms with Crippen LogP contribution in [-0.4, -0.2) is 38.9 Å². The van der Waals surface area contributed by atoms with E-state index in [-0.39, 0.29) is 23.7 Å². The molecule has 3 N–H and O–H groups in total. The molecule has 0 aliphatic heterocycles. The Labute approximate surface area is 199 Å². The summed E-state index contributed by atoms with van der Waals surface area (Å²) in [5, 5.41) is 21.1. The molecule has 0 spiro atoms. The number of benzene rings is 2. The molecule has 0 radical (unpaired) electrons. The first-order valence-electron chi connectivity index (χ1n) is 10.7. The molecule has 11 heteroatoms. The Bertz CT molecular complexity index is 1280. The van der Waals surface area contributed by atoms with E-state index in [0.29, 0.717) is 31.9 Å². The second-order valence-electron chi connectivity index (χ2n) is 7.40. The molecule has 1 amide bonds. The average Bonchev–Trinajstić information content (AvgIpc) is 3.27. The summed E-state index contributed by atoms with van der Waals surface area (Å²) in [5.41, 5.74) is 1.98. The standard InChI is InChI=1S/C23H23N7O3S/c31-19(28-17-8-4-5-9-18(17)30(32)33)10-12-24-13-11-20-29-21-22(26-15-27-23(21)34-20)25-14-16-6-2-1-3-7-16/h1-9,15,24H,10-14H2,(H,28,31)(H,25,26,27). The van der Waals surface area contributed by atoms with Crippen LogP contribution in [0.15, 0.2) is 60.9 Å². The molecule has 2 aromatic heterocycles. The van der Waals surface area contributed by atoms with E-state index in [4.69, 9.17) is 0 Å². The van der Waals surface area contributed by atoms with Gasteiger partial charge in [-0.25, -0.2) is 15.0 Å². The van der Waals surface area contributed by atoms with Crippen molar-refractivity contribution in [1.29, 1.82) is 0 Å². The Balaban J connectivity index is 1.24. The molecule has 174 valence electrons. The normalized spacial score (nSPS) is 10.8. The number of nitro benzene ring substituents is 1. The number of nitrogens with one attached hydrogen (secondary N) is 3. The summed E-state index contributed by atoms with van der Waals surface area (Å²) in [6, 6.07) is 16.1. The summed E-state index contributed by atoms with van der Waals surface area (Å²) < 4.78 is 0. The lowest BCUT2D eigenvalue weighted by atomic mass is 10.2. The van der Waals surface area contributed by atoms with Gasteiger partial charge in [-0.15, -0.1) is 0 Å². The molecule has 4 aromatic rings. The number of hydrogen-bond donors (Lipinski definition) is 3. The van der Waals surface area contributed by atoms with Gasteiger partial charge in [0.25, 0.3) is 5.69 Å². The van der Waals surface area contributed by atoms with Gasteiger partial charge in [0.05, 0.1) is 9.93 Å². The van der Waals surface area contributed by atoms with Crippen molar-refractivity contribution < 1.29 is 9.72 Å². The Hall–Kier alpha value is -3.96. The first kappa shape index (κ1) is 23.2. The van der Waals surface area contributed by atoms with Crippen LogP contribution in [0.1, 0.15) is 17.0 Å². The molecular weight excluding hydrogens is 454 g/mol. The van der Waals surface area contributed by atoms with Gasteiger partial charge in [-0.1, -0.05) is 53.8 Å². The summed E-state index contributed by atoms with van der Waals surface area (Å²) in [6.07, 6.45) is 2.42. The van der Waals surface area contributed by atoms with Crippen molar-refractivity contribution in [3.05, 3.63) is 81.6 Å². The molecular formula is C23H23N7O3S. The molecule has 2 aromatic carbocycles. The van der Waals surface area contributed by atoms with Gasteiger partial charge in [-0.05, 0) is 11.6 Å². The van der Waals surface area contributed by atoms with Crippen LogP contribution in [0.2, 0.25) is 0 Å². The van der Waals surface area contributed by atoms with Gasteiger partial charge in [-0.3, -0.25) is 14.9 Å². The third-order valence-corrected chi connectivity index (χ3v) is 5.98. The predicted molar refractivity (Wildman–Crippen MR) is 132 cm³/mol. The minimum atomic E-state index is -0.515. The van der Waals surface area contributed by atoms with Crippen LogP contribution in [-0.2, 0) is 17.8 Å². The molecule has 0 aliphatic carbocycles. The molecule has 0 atom stereocenters. The summed E-state index contributed by atoms with van der Waals surface area (Å²) in [7, 11) is 0. The number of nitro groups is 1. The van der Waals surface area contributed by atoms with Crippen molar-refractivity contribution in [2.24, 2.45) is 0 Å². The van der Waals surface area contributed by atoms with Gasteiger partial charge in [0.1, 0.15) is 22.4 Å². The topological polar surface area (TPSA) is 135 Å². The minimum absolute atomic E-state index is 0.125. The highest BCUT2D eigenvalue weighted by molar-refractivity contribution is 7.18. The van der Waals surface area contributed by atoms with E-state index < -0.39 is 4.92 Å². The molecule has 0 saturated carbocycles. The first-order chi connectivity index (χ1) is 16.6. The van der Waals surface area contributed by atoms with Crippen LogP contribution in [0.3, 0.4) is 0 Å². The Kier molecular flexibility index (Phi) is 7.68. The van der Waals surface area contributed by atoms with Crippen molar-refractivity contribution in [2.45, 2.75) is 19.4 Å². The van der Waals surface area contributed by atoms with Crippen molar-refractivity contribution in [3.63, 3.8) is 0 Å². The van der Waals surface area contributed by atoms with Crippen LogP contribution >= 0.6 is 11.3 Å². The predicted octanol–water partition coefficient (Wildman–Crippen LogP) is 3.77. The zero-order valence-corrected chi connectivity index (χ0v) is 19.0. The highest BCUT2D eigenvalue weighted by Gasteiger charge is 2.14. The molecule has 0 saturated heterocycles. The van der Waals surface area contributed by atoms with E-state index in [0.717, 1.165) is 20.9 Å². The van der Waals surface area contributed by atoms with E-state index in [1.807, 2.05) is 30.3 Å². The monoisotopic (exact) mass is 477 g/mol. The molecule has 0 fully saturated rings.